The lowest BCUT2D eigenvalue weighted by Gasteiger charge is -2.18. The minimum absolute atomic E-state index is 0.0132. The molecule has 0 aliphatic carbocycles. The summed E-state index contributed by atoms with van der Waals surface area (Å²) in [6.07, 6.45) is -0.807. The lowest BCUT2D eigenvalue weighted by Crippen LogP contribution is -2.48. The molecule has 0 aromatic heterocycles. The van der Waals surface area contributed by atoms with Crippen LogP contribution in [0.2, 0.25) is 0 Å². The van der Waals surface area contributed by atoms with Crippen molar-refractivity contribution in [3.8, 4) is 11.5 Å². The van der Waals surface area contributed by atoms with Gasteiger partial charge in [0, 0.05) is 26.6 Å². The number of carbonyl (C=O) groups is 3. The standard InChI is InChI=1S/C23H30N4O5/c1-4-31-19-10-12-20(13-11-19)32-17(2)22(29)26-25-21(28)14-15-24-23(30)27(3)16-18-8-6-5-7-9-18/h5-13,17H,4,14-16H2,1-3H3,(H,24,30)(H,25,28)(H,26,29). The predicted molar refractivity (Wildman–Crippen MR) is 120 cm³/mol. The Hall–Kier alpha value is -3.75. The first-order chi connectivity index (χ1) is 15.4. The molecule has 1 unspecified atom stereocenters. The smallest absolute Gasteiger partial charge is 0.317 e. The van der Waals surface area contributed by atoms with E-state index in [0.29, 0.717) is 24.7 Å². The molecule has 2 rings (SSSR count). The third-order valence-electron chi connectivity index (χ3n) is 4.38. The number of amides is 4. The Morgan fingerprint density at radius 1 is 0.969 bits per heavy atom. The van der Waals surface area contributed by atoms with Crippen LogP contribution in [0, 0.1) is 0 Å². The topological polar surface area (TPSA) is 109 Å². The van der Waals surface area contributed by atoms with Gasteiger partial charge in [-0.3, -0.25) is 20.4 Å². The first kappa shape index (κ1) is 24.5. The summed E-state index contributed by atoms with van der Waals surface area (Å²) in [6, 6.07) is 16.2. The quantitative estimate of drug-likeness (QED) is 0.489. The van der Waals surface area contributed by atoms with Gasteiger partial charge in [0.05, 0.1) is 6.61 Å². The van der Waals surface area contributed by atoms with E-state index in [1.807, 2.05) is 37.3 Å². The third-order valence-corrected chi connectivity index (χ3v) is 4.38. The molecular weight excluding hydrogens is 412 g/mol. The molecule has 0 radical (unpaired) electrons. The monoisotopic (exact) mass is 442 g/mol. The molecule has 3 N–H and O–H groups in total. The Morgan fingerprint density at radius 2 is 1.62 bits per heavy atom. The highest BCUT2D eigenvalue weighted by molar-refractivity contribution is 5.84. The molecule has 2 aromatic carbocycles. The zero-order valence-electron chi connectivity index (χ0n) is 18.6. The summed E-state index contributed by atoms with van der Waals surface area (Å²) in [7, 11) is 1.67. The van der Waals surface area contributed by atoms with E-state index in [-0.39, 0.29) is 19.0 Å². The van der Waals surface area contributed by atoms with Gasteiger partial charge in [-0.1, -0.05) is 30.3 Å². The fourth-order valence-corrected chi connectivity index (χ4v) is 2.68. The van der Waals surface area contributed by atoms with Crippen LogP contribution in [0.15, 0.2) is 54.6 Å². The molecule has 1 atom stereocenters. The highest BCUT2D eigenvalue weighted by atomic mass is 16.5. The maximum atomic E-state index is 12.1. The zero-order chi connectivity index (χ0) is 23.3. The van der Waals surface area contributed by atoms with E-state index < -0.39 is 17.9 Å². The molecule has 172 valence electrons. The summed E-state index contributed by atoms with van der Waals surface area (Å²) >= 11 is 0. The van der Waals surface area contributed by atoms with Crippen LogP contribution in [0.5, 0.6) is 11.5 Å². The van der Waals surface area contributed by atoms with Gasteiger partial charge in [0.2, 0.25) is 5.91 Å². The predicted octanol–water partition coefficient (Wildman–Crippen LogP) is 2.23. The van der Waals surface area contributed by atoms with Crippen LogP contribution in [0.4, 0.5) is 4.79 Å². The van der Waals surface area contributed by atoms with E-state index in [0.717, 1.165) is 5.56 Å². The summed E-state index contributed by atoms with van der Waals surface area (Å²) in [5.74, 6) is 0.281. The largest absolute Gasteiger partial charge is 0.494 e. The fourth-order valence-electron chi connectivity index (χ4n) is 2.68. The van der Waals surface area contributed by atoms with Crippen LogP contribution in [-0.2, 0) is 16.1 Å². The molecule has 9 nitrogen and oxygen atoms in total. The molecule has 0 spiro atoms. The lowest BCUT2D eigenvalue weighted by atomic mass is 10.2. The number of carbonyl (C=O) groups excluding carboxylic acids is 3. The van der Waals surface area contributed by atoms with Crippen LogP contribution in [0.3, 0.4) is 0 Å². The molecule has 0 bridgehead atoms. The summed E-state index contributed by atoms with van der Waals surface area (Å²) in [5, 5.41) is 2.67. The maximum absolute atomic E-state index is 12.1. The van der Waals surface area contributed by atoms with Crippen molar-refractivity contribution in [2.75, 3.05) is 20.2 Å². The van der Waals surface area contributed by atoms with E-state index >= 15 is 0 Å². The molecule has 0 fully saturated rings. The van der Waals surface area contributed by atoms with Gasteiger partial charge in [-0.25, -0.2) is 4.79 Å². The Morgan fingerprint density at radius 3 is 2.28 bits per heavy atom. The summed E-state index contributed by atoms with van der Waals surface area (Å²) < 4.78 is 10.9. The first-order valence-corrected chi connectivity index (χ1v) is 10.4. The van der Waals surface area contributed by atoms with Gasteiger partial charge in [-0.15, -0.1) is 0 Å². The van der Waals surface area contributed by atoms with Crippen LogP contribution >= 0.6 is 0 Å². The van der Waals surface area contributed by atoms with Crippen LogP contribution in [0.25, 0.3) is 0 Å². The van der Waals surface area contributed by atoms with Crippen molar-refractivity contribution in [2.45, 2.75) is 32.9 Å². The van der Waals surface area contributed by atoms with E-state index in [1.165, 1.54) is 4.90 Å². The second-order valence-corrected chi connectivity index (χ2v) is 7.03. The molecule has 0 saturated heterocycles. The third kappa shape index (κ3) is 8.55. The second-order valence-electron chi connectivity index (χ2n) is 7.03. The molecule has 9 heteroatoms. The molecule has 0 aliphatic rings. The lowest BCUT2D eigenvalue weighted by molar-refractivity contribution is -0.132. The number of nitrogens with zero attached hydrogens (tertiary/aromatic N) is 1. The summed E-state index contributed by atoms with van der Waals surface area (Å²) in [5.41, 5.74) is 5.64. The molecule has 32 heavy (non-hydrogen) atoms. The molecule has 0 saturated carbocycles. The number of hydrazine groups is 1. The molecule has 4 amide bonds. The van der Waals surface area contributed by atoms with Gasteiger partial charge < -0.3 is 19.7 Å². The van der Waals surface area contributed by atoms with E-state index in [9.17, 15) is 14.4 Å². The SMILES string of the molecule is CCOc1ccc(OC(C)C(=O)NNC(=O)CCNC(=O)N(C)Cc2ccccc2)cc1. The zero-order valence-corrected chi connectivity index (χ0v) is 18.6. The van der Waals surface area contributed by atoms with Gasteiger partial charge >= 0.3 is 6.03 Å². The second kappa shape index (κ2) is 12.8. The number of ether oxygens (including phenoxy) is 2. The Kier molecular flexibility index (Phi) is 9.83. The molecular formula is C23H30N4O5. The van der Waals surface area contributed by atoms with Crippen LogP contribution in [0.1, 0.15) is 25.8 Å². The fraction of sp³-hybridized carbons (Fsp3) is 0.348. The van der Waals surface area contributed by atoms with E-state index in [2.05, 4.69) is 16.2 Å². The van der Waals surface area contributed by atoms with E-state index in [1.54, 1.807) is 38.2 Å². The maximum Gasteiger partial charge on any atom is 0.317 e. The number of benzene rings is 2. The van der Waals surface area contributed by atoms with Gasteiger partial charge in [0.15, 0.2) is 6.10 Å². The number of nitrogens with one attached hydrogen (secondary N) is 3. The number of urea groups is 1. The van der Waals surface area contributed by atoms with Crippen molar-refractivity contribution in [3.63, 3.8) is 0 Å². The van der Waals surface area contributed by atoms with Crippen LogP contribution in [-0.4, -0.2) is 49.0 Å². The highest BCUT2D eigenvalue weighted by Crippen LogP contribution is 2.18. The average molecular weight is 443 g/mol. The first-order valence-electron chi connectivity index (χ1n) is 10.4. The van der Waals surface area contributed by atoms with E-state index in [4.69, 9.17) is 9.47 Å². The van der Waals surface area contributed by atoms with Crippen molar-refractivity contribution >= 4 is 17.8 Å². The summed E-state index contributed by atoms with van der Waals surface area (Å²) in [4.78, 5) is 37.7. The van der Waals surface area contributed by atoms with Crippen molar-refractivity contribution in [3.05, 3.63) is 60.2 Å². The summed E-state index contributed by atoms with van der Waals surface area (Å²) in [6.45, 7) is 4.62. The van der Waals surface area contributed by atoms with Crippen molar-refractivity contribution < 1.29 is 23.9 Å². The van der Waals surface area contributed by atoms with Gasteiger partial charge in [-0.05, 0) is 43.7 Å². The van der Waals surface area contributed by atoms with Gasteiger partial charge in [0.1, 0.15) is 11.5 Å². The molecule has 0 heterocycles. The van der Waals surface area contributed by atoms with Crippen molar-refractivity contribution in [2.24, 2.45) is 0 Å². The Balaban J connectivity index is 1.64. The molecule has 0 aliphatic heterocycles. The van der Waals surface area contributed by atoms with Crippen molar-refractivity contribution in [1.82, 2.24) is 21.1 Å². The normalized spacial score (nSPS) is 11.1. The van der Waals surface area contributed by atoms with Gasteiger partial charge in [0.25, 0.3) is 5.91 Å². The number of hydrogen-bond donors (Lipinski definition) is 3. The van der Waals surface area contributed by atoms with Gasteiger partial charge in [-0.2, -0.15) is 0 Å². The Bertz CT molecular complexity index is 874. The minimum atomic E-state index is -0.820. The van der Waals surface area contributed by atoms with Crippen LogP contribution < -0.4 is 25.6 Å². The molecule has 2 aromatic rings. The number of hydrogen-bond acceptors (Lipinski definition) is 5. The average Bonchev–Trinajstić information content (AvgIpc) is 2.79. The van der Waals surface area contributed by atoms with Crippen molar-refractivity contribution in [1.29, 1.82) is 0 Å². The minimum Gasteiger partial charge on any atom is -0.494 e. The Labute approximate surface area is 188 Å². The number of rotatable bonds is 10. The highest BCUT2D eigenvalue weighted by Gasteiger charge is 2.16.